The average Bonchev–Trinajstić information content (AvgIpc) is 3.65. The van der Waals surface area contributed by atoms with Crippen molar-refractivity contribution in [3.05, 3.63) is 52.6 Å². The molecule has 6 rings (SSSR count). The number of rotatable bonds is 6. The first kappa shape index (κ1) is 28.4. The normalized spacial score (nSPS) is 21.1. The maximum Gasteiger partial charge on any atom is 0.387 e. The molecule has 0 aromatic heterocycles. The lowest BCUT2D eigenvalue weighted by Gasteiger charge is -2.35. The maximum atomic E-state index is 13.8. The molecule has 8 nitrogen and oxygen atoms in total. The third kappa shape index (κ3) is 4.78. The number of nitrogens with zero attached hydrogens (tertiary/aromatic N) is 3. The molecule has 2 fully saturated rings. The maximum absolute atomic E-state index is 13.8. The van der Waals surface area contributed by atoms with Crippen molar-refractivity contribution in [1.29, 1.82) is 0 Å². The summed E-state index contributed by atoms with van der Waals surface area (Å²) in [6.45, 7) is 3.49. The van der Waals surface area contributed by atoms with Crippen molar-refractivity contribution >= 4 is 17.5 Å². The first-order chi connectivity index (χ1) is 20.0. The first-order valence-electron chi connectivity index (χ1n) is 14.7. The number of hydrogen-bond acceptors (Lipinski definition) is 6. The zero-order valence-corrected chi connectivity index (χ0v) is 24.5. The number of alkyl halides is 2. The molecule has 0 radical (unpaired) electrons. The molecule has 0 bridgehead atoms. The first-order valence-corrected chi connectivity index (χ1v) is 14.7. The molecule has 4 aliphatic rings. The van der Waals surface area contributed by atoms with Gasteiger partial charge in [0.1, 0.15) is 11.4 Å². The van der Waals surface area contributed by atoms with Gasteiger partial charge in [-0.25, -0.2) is 5.01 Å². The van der Waals surface area contributed by atoms with Gasteiger partial charge in [-0.3, -0.25) is 9.59 Å². The van der Waals surface area contributed by atoms with Crippen LogP contribution in [0.25, 0.3) is 0 Å². The lowest BCUT2D eigenvalue weighted by molar-refractivity contribution is -0.138. The molecule has 224 valence electrons. The van der Waals surface area contributed by atoms with Gasteiger partial charge in [0, 0.05) is 36.2 Å². The summed E-state index contributed by atoms with van der Waals surface area (Å²) in [6, 6.07) is 8.15. The monoisotopic (exact) mass is 581 g/mol. The number of benzene rings is 2. The van der Waals surface area contributed by atoms with Crippen molar-refractivity contribution in [2.75, 3.05) is 20.2 Å². The molecule has 1 aliphatic carbocycles. The molecule has 0 N–H and O–H groups in total. The minimum atomic E-state index is -2.96. The highest BCUT2D eigenvalue weighted by Crippen LogP contribution is 2.51. The van der Waals surface area contributed by atoms with E-state index in [9.17, 15) is 18.4 Å². The van der Waals surface area contributed by atoms with Gasteiger partial charge in [0.05, 0.1) is 24.3 Å². The molecule has 3 heterocycles. The van der Waals surface area contributed by atoms with Crippen molar-refractivity contribution in [3.8, 4) is 17.2 Å². The molecule has 3 aliphatic heterocycles. The van der Waals surface area contributed by atoms with Gasteiger partial charge in [-0.05, 0) is 89.1 Å². The Balaban J connectivity index is 1.22. The van der Waals surface area contributed by atoms with E-state index in [1.165, 1.54) is 12.1 Å². The fourth-order valence-corrected chi connectivity index (χ4v) is 6.94. The molecule has 2 amide bonds. The second kappa shape index (κ2) is 10.5. The Morgan fingerprint density at radius 3 is 2.50 bits per heavy atom. The molecule has 1 saturated heterocycles. The quantitative estimate of drug-likeness (QED) is 0.435. The van der Waals surface area contributed by atoms with Crippen molar-refractivity contribution in [2.24, 2.45) is 10.5 Å². The van der Waals surface area contributed by atoms with Crippen LogP contribution in [0.3, 0.4) is 0 Å². The summed E-state index contributed by atoms with van der Waals surface area (Å²) < 4.78 is 42.1. The van der Waals surface area contributed by atoms with E-state index >= 15 is 0 Å². The van der Waals surface area contributed by atoms with E-state index in [1.807, 2.05) is 26.0 Å². The van der Waals surface area contributed by atoms with Crippen LogP contribution in [0.15, 0.2) is 35.4 Å². The number of fused-ring (bicyclic) bond motifs is 1. The lowest BCUT2D eigenvalue weighted by atomic mass is 9.80. The number of amides is 2. The van der Waals surface area contributed by atoms with E-state index < -0.39 is 12.0 Å². The van der Waals surface area contributed by atoms with Crippen LogP contribution in [0.1, 0.15) is 79.4 Å². The Labute approximate surface area is 244 Å². The van der Waals surface area contributed by atoms with Gasteiger partial charge in [-0.1, -0.05) is 6.07 Å². The molecular formula is C32H37F2N3O5. The number of likely N-dealkylation sites (tertiary alicyclic amines) is 1. The minimum Gasteiger partial charge on any atom is -0.493 e. The number of piperidine rings is 1. The Kier molecular flexibility index (Phi) is 7.14. The van der Waals surface area contributed by atoms with E-state index in [0.717, 1.165) is 54.7 Å². The predicted octanol–water partition coefficient (Wildman–Crippen LogP) is 5.73. The summed E-state index contributed by atoms with van der Waals surface area (Å²) in [7, 11) is 1.65. The van der Waals surface area contributed by atoms with Crippen LogP contribution < -0.4 is 14.2 Å². The zero-order chi connectivity index (χ0) is 29.8. The van der Waals surface area contributed by atoms with E-state index in [2.05, 4.69) is 4.74 Å². The number of carbonyl (C=O) groups excluding carboxylic acids is 2. The number of halogens is 2. The van der Waals surface area contributed by atoms with Crippen LogP contribution in [0, 0.1) is 12.3 Å². The molecule has 10 heteroatoms. The number of carbonyl (C=O) groups is 2. The van der Waals surface area contributed by atoms with Crippen LogP contribution in [0.4, 0.5) is 8.78 Å². The highest BCUT2D eigenvalue weighted by atomic mass is 19.3. The van der Waals surface area contributed by atoms with Crippen LogP contribution in [0.2, 0.25) is 0 Å². The Morgan fingerprint density at radius 2 is 1.83 bits per heavy atom. The topological polar surface area (TPSA) is 80.7 Å². The molecule has 1 saturated carbocycles. The summed E-state index contributed by atoms with van der Waals surface area (Å²) in [5.74, 6) is 1.13. The fourth-order valence-electron chi connectivity index (χ4n) is 6.94. The molecule has 0 unspecified atom stereocenters. The SMILES string of the molecule is COc1ccc(C2=NN(C3CCN(C(=O)c4cc(OC(F)F)ccc4C)CC3)C(=O)C2(C)C)c2c1OC1(CCCC1)C2. The Morgan fingerprint density at radius 1 is 1.12 bits per heavy atom. The predicted molar refractivity (Wildman–Crippen MR) is 152 cm³/mol. The molecule has 2 aromatic carbocycles. The lowest BCUT2D eigenvalue weighted by Crippen LogP contribution is -2.47. The zero-order valence-electron chi connectivity index (χ0n) is 24.5. The van der Waals surface area contributed by atoms with E-state index in [0.29, 0.717) is 42.8 Å². The summed E-state index contributed by atoms with van der Waals surface area (Å²) in [5, 5.41) is 6.58. The van der Waals surface area contributed by atoms with Crippen molar-refractivity contribution in [1.82, 2.24) is 9.91 Å². The number of aryl methyl sites for hydroxylation is 1. The Hall–Kier alpha value is -3.69. The molecule has 42 heavy (non-hydrogen) atoms. The largest absolute Gasteiger partial charge is 0.493 e. The van der Waals surface area contributed by atoms with Gasteiger partial charge in [-0.15, -0.1) is 0 Å². The number of ether oxygens (including phenoxy) is 3. The van der Waals surface area contributed by atoms with E-state index in [-0.39, 0.29) is 29.2 Å². The highest BCUT2D eigenvalue weighted by Gasteiger charge is 2.50. The second-order valence-electron chi connectivity index (χ2n) is 12.4. The second-order valence-corrected chi connectivity index (χ2v) is 12.4. The van der Waals surface area contributed by atoms with Gasteiger partial charge in [0.25, 0.3) is 11.8 Å². The smallest absolute Gasteiger partial charge is 0.387 e. The highest BCUT2D eigenvalue weighted by molar-refractivity contribution is 6.20. The van der Waals surface area contributed by atoms with E-state index in [4.69, 9.17) is 14.6 Å². The summed E-state index contributed by atoms with van der Waals surface area (Å²) in [5.41, 5.74) is 2.71. The van der Waals surface area contributed by atoms with Gasteiger partial charge >= 0.3 is 6.61 Å². The summed E-state index contributed by atoms with van der Waals surface area (Å²) >= 11 is 0. The average molecular weight is 582 g/mol. The summed E-state index contributed by atoms with van der Waals surface area (Å²) in [4.78, 5) is 28.8. The third-order valence-electron chi connectivity index (χ3n) is 9.34. The molecular weight excluding hydrogens is 544 g/mol. The number of methoxy groups -OCH3 is 1. The van der Waals surface area contributed by atoms with Gasteiger partial charge < -0.3 is 19.1 Å². The van der Waals surface area contributed by atoms with Gasteiger partial charge in [-0.2, -0.15) is 13.9 Å². The molecule has 2 aromatic rings. The summed E-state index contributed by atoms with van der Waals surface area (Å²) in [6.07, 6.45) is 6.19. The third-order valence-corrected chi connectivity index (χ3v) is 9.34. The van der Waals surface area contributed by atoms with Crippen molar-refractivity contribution in [3.63, 3.8) is 0 Å². The van der Waals surface area contributed by atoms with Gasteiger partial charge in [0.15, 0.2) is 11.5 Å². The van der Waals surface area contributed by atoms with Crippen LogP contribution >= 0.6 is 0 Å². The van der Waals surface area contributed by atoms with Crippen LogP contribution in [-0.2, 0) is 11.2 Å². The molecule has 0 atom stereocenters. The minimum absolute atomic E-state index is 0.0464. The van der Waals surface area contributed by atoms with Gasteiger partial charge in [0.2, 0.25) is 0 Å². The van der Waals surface area contributed by atoms with E-state index in [1.54, 1.807) is 30.0 Å². The standard InChI is InChI=1S/C32H37F2N3O5/c1-19-7-8-21(41-30(33)34)17-23(19)28(38)36-15-11-20(12-16-36)37-29(39)31(2,3)27(35-37)22-9-10-25(40-4)26-24(22)18-32(42-26)13-5-6-14-32/h7-10,17,20,30H,5-6,11-16,18H2,1-4H3. The number of hydrazone groups is 1. The number of hydrogen-bond donors (Lipinski definition) is 0. The molecule has 1 spiro atoms. The van der Waals surface area contributed by atoms with Crippen LogP contribution in [-0.4, -0.2) is 65.9 Å². The van der Waals surface area contributed by atoms with Crippen molar-refractivity contribution in [2.45, 2.75) is 84.0 Å². The fraction of sp³-hybridized carbons (Fsp3) is 0.531. The Bertz CT molecular complexity index is 1440. The van der Waals surface area contributed by atoms with Crippen molar-refractivity contribution < 1.29 is 32.6 Å². The van der Waals surface area contributed by atoms with Crippen LogP contribution in [0.5, 0.6) is 17.2 Å².